The first kappa shape index (κ1) is 37.1. The van der Waals surface area contributed by atoms with Gasteiger partial charge < -0.3 is 0 Å². The fraction of sp³-hybridized carbons (Fsp3) is 0.293. The van der Waals surface area contributed by atoms with E-state index in [4.69, 9.17) is 27.4 Å². The number of halogens is 4. The first-order chi connectivity index (χ1) is 20.5. The minimum atomic E-state index is -4.92. The van der Waals surface area contributed by atoms with Crippen molar-refractivity contribution in [3.63, 3.8) is 0 Å². The average molecular weight is 772 g/mol. The molecule has 0 amide bonds. The second-order valence-corrected chi connectivity index (χ2v) is 28.9. The topological polar surface area (TPSA) is 0 Å². The van der Waals surface area contributed by atoms with E-state index in [9.17, 15) is 0 Å². The number of allylic oxidation sites excluding steroid dienone is 4. The first-order valence-corrected chi connectivity index (χ1v) is 23.2. The summed E-state index contributed by atoms with van der Waals surface area (Å²) in [5.41, 5.74) is 11.2. The second-order valence-electron chi connectivity index (χ2n) is 15.2. The van der Waals surface area contributed by atoms with Crippen LogP contribution in [-0.2, 0) is 35.5 Å². The van der Waals surface area contributed by atoms with Crippen molar-refractivity contribution in [1.29, 1.82) is 0 Å². The molecule has 0 atom stereocenters. The SMILES string of the molecule is Cl.Cl.[CH2]=[Zr]([C]1=CC=CC1)([c]1ccc(Cl)cc1)([c]1ccc(Cl)cc1)[c]1c(C)c(C(C)(C)C)cc2c1Cc1cc(C)c(C(C)(C)C)cc1-2. The summed E-state index contributed by atoms with van der Waals surface area (Å²) in [7, 11) is 0. The first-order valence-electron chi connectivity index (χ1n) is 15.8. The van der Waals surface area contributed by atoms with Gasteiger partial charge in [0.1, 0.15) is 0 Å². The molecule has 46 heavy (non-hydrogen) atoms. The van der Waals surface area contributed by atoms with Gasteiger partial charge in [-0.3, -0.25) is 0 Å². The van der Waals surface area contributed by atoms with Crippen LogP contribution in [0.3, 0.4) is 0 Å². The summed E-state index contributed by atoms with van der Waals surface area (Å²) in [6.07, 6.45) is 8.72. The van der Waals surface area contributed by atoms with Crippen LogP contribution in [0.1, 0.15) is 81.3 Å². The van der Waals surface area contributed by atoms with Gasteiger partial charge in [0.25, 0.3) is 0 Å². The van der Waals surface area contributed by atoms with E-state index in [2.05, 4.69) is 140 Å². The Balaban J connectivity index is 0.00000240. The second kappa shape index (κ2) is 12.6. The molecule has 0 fully saturated rings. The van der Waals surface area contributed by atoms with Crippen LogP contribution >= 0.6 is 48.0 Å². The van der Waals surface area contributed by atoms with Crippen LogP contribution in [0.15, 0.2) is 88.2 Å². The summed E-state index contributed by atoms with van der Waals surface area (Å²) >= 11 is 8.23. The van der Waals surface area contributed by atoms with E-state index in [1.165, 1.54) is 57.6 Å². The molecule has 0 aromatic heterocycles. The third-order valence-electron chi connectivity index (χ3n) is 10.4. The molecule has 0 saturated carbocycles. The molecule has 0 aliphatic heterocycles. The number of fused-ring (bicyclic) bond motifs is 3. The van der Waals surface area contributed by atoms with Gasteiger partial charge in [-0.05, 0) is 0 Å². The zero-order valence-corrected chi connectivity index (χ0v) is 33.9. The van der Waals surface area contributed by atoms with E-state index in [0.29, 0.717) is 0 Å². The van der Waals surface area contributed by atoms with Crippen LogP contribution in [0.4, 0.5) is 0 Å². The molecule has 0 heterocycles. The zero-order valence-electron chi connectivity index (χ0n) is 28.3. The van der Waals surface area contributed by atoms with Crippen molar-refractivity contribution < 1.29 is 18.3 Å². The summed E-state index contributed by atoms with van der Waals surface area (Å²) in [4.78, 5) is 0. The van der Waals surface area contributed by atoms with Gasteiger partial charge in [0.15, 0.2) is 0 Å². The van der Waals surface area contributed by atoms with Gasteiger partial charge >= 0.3 is 277 Å². The Morgan fingerprint density at radius 2 is 1.20 bits per heavy atom. The van der Waals surface area contributed by atoms with Gasteiger partial charge in [-0.1, -0.05) is 0 Å². The quantitative estimate of drug-likeness (QED) is 0.171. The van der Waals surface area contributed by atoms with E-state index < -0.39 is 18.3 Å². The van der Waals surface area contributed by atoms with Crippen LogP contribution in [0.25, 0.3) is 11.1 Å². The van der Waals surface area contributed by atoms with Gasteiger partial charge in [-0.25, -0.2) is 0 Å². The maximum absolute atomic E-state index is 6.58. The van der Waals surface area contributed by atoms with Crippen LogP contribution in [0, 0.1) is 13.8 Å². The average Bonchev–Trinajstić information content (AvgIpc) is 3.60. The number of rotatable bonds is 4. The summed E-state index contributed by atoms with van der Waals surface area (Å²) in [5.74, 6) is 0. The van der Waals surface area contributed by atoms with Gasteiger partial charge in [0.2, 0.25) is 0 Å². The minimum absolute atomic E-state index is 0. The van der Waals surface area contributed by atoms with Gasteiger partial charge in [-0.2, -0.15) is 0 Å². The Morgan fingerprint density at radius 3 is 1.65 bits per heavy atom. The number of hydrogen-bond donors (Lipinski definition) is 0. The molecular weight excluding hydrogens is 725 g/mol. The molecule has 5 heteroatoms. The third-order valence-corrected chi connectivity index (χ3v) is 27.6. The fourth-order valence-electron chi connectivity index (χ4n) is 8.43. The zero-order chi connectivity index (χ0) is 31.8. The Kier molecular flexibility index (Phi) is 10.2. The molecular formula is C41H46Cl4Zr. The Bertz CT molecular complexity index is 1900. The van der Waals surface area contributed by atoms with Crippen LogP contribution < -0.4 is 9.81 Å². The summed E-state index contributed by atoms with van der Waals surface area (Å²) < 4.78 is 11.2. The van der Waals surface area contributed by atoms with Crippen molar-refractivity contribution in [2.24, 2.45) is 0 Å². The molecule has 2 aliphatic carbocycles. The molecule has 0 spiro atoms. The van der Waals surface area contributed by atoms with Crippen molar-refractivity contribution >= 4 is 62.0 Å². The van der Waals surface area contributed by atoms with E-state index in [1.54, 1.807) is 0 Å². The van der Waals surface area contributed by atoms with Crippen LogP contribution in [-0.4, -0.2) is 4.21 Å². The van der Waals surface area contributed by atoms with Gasteiger partial charge in [0.05, 0.1) is 0 Å². The Morgan fingerprint density at radius 1 is 0.696 bits per heavy atom. The summed E-state index contributed by atoms with van der Waals surface area (Å²) in [5, 5.41) is 1.49. The predicted molar refractivity (Wildman–Crippen MR) is 207 cm³/mol. The molecule has 4 aromatic carbocycles. The Hall–Kier alpha value is -1.73. The van der Waals surface area contributed by atoms with E-state index in [-0.39, 0.29) is 35.6 Å². The van der Waals surface area contributed by atoms with Crippen LogP contribution in [0.5, 0.6) is 0 Å². The molecule has 0 saturated heterocycles. The van der Waals surface area contributed by atoms with Gasteiger partial charge in [-0.15, -0.1) is 24.8 Å². The van der Waals surface area contributed by atoms with Crippen molar-refractivity contribution in [3.05, 3.63) is 132 Å². The van der Waals surface area contributed by atoms with E-state index in [0.717, 1.165) is 22.9 Å². The number of benzene rings is 4. The van der Waals surface area contributed by atoms with Crippen LogP contribution in [0.2, 0.25) is 10.0 Å². The third kappa shape index (κ3) is 5.61. The molecule has 0 unspecified atom stereocenters. The van der Waals surface area contributed by atoms with Crippen molar-refractivity contribution in [3.8, 4) is 11.1 Å². The molecule has 2 aliphatic rings. The monoisotopic (exact) mass is 768 g/mol. The van der Waals surface area contributed by atoms with Gasteiger partial charge in [0, 0.05) is 0 Å². The van der Waals surface area contributed by atoms with Crippen molar-refractivity contribution in [1.82, 2.24) is 0 Å². The molecule has 4 aromatic rings. The standard InChI is InChI=1S/C23H29.2C6H4Cl.C5H5.CH2.2ClH.Zr/c1-14-9-16-11-17-10-15(2)21(23(6,7)8)13-19(17)18(16)12-20(14)22(3,4)5;2*7-6-4-2-1-3-5-6;1-2-4-5-3-1;;;;/h9,12-13H,11H2,1-8H3;2*2-5H;1-3H,4H2;1H2;2*1H;. The molecule has 0 bridgehead atoms. The molecule has 0 radical (unpaired) electrons. The Labute approximate surface area is 299 Å². The normalized spacial score (nSPS) is 14.3. The summed E-state index contributed by atoms with van der Waals surface area (Å²) in [6.45, 7) is 18.7. The predicted octanol–water partition coefficient (Wildman–Crippen LogP) is 10.9. The van der Waals surface area contributed by atoms with E-state index in [1.807, 2.05) is 0 Å². The molecule has 0 nitrogen and oxygen atoms in total. The number of hydrogen-bond acceptors (Lipinski definition) is 0. The fourth-order valence-corrected chi connectivity index (χ4v) is 25.1. The van der Waals surface area contributed by atoms with Crippen molar-refractivity contribution in [2.75, 3.05) is 0 Å². The molecule has 6 rings (SSSR count). The number of aryl methyl sites for hydroxylation is 1. The van der Waals surface area contributed by atoms with Crippen molar-refractivity contribution in [2.45, 2.75) is 79.1 Å². The van der Waals surface area contributed by atoms with E-state index >= 15 is 0 Å². The molecule has 0 N–H and O–H groups in total. The summed E-state index contributed by atoms with van der Waals surface area (Å²) in [6, 6.07) is 24.8. The molecule has 242 valence electrons. The maximum atomic E-state index is 6.58.